The number of hydrogen-bond donors (Lipinski definition) is 1. The van der Waals surface area contributed by atoms with Gasteiger partial charge >= 0.3 is 29.1 Å². The van der Waals surface area contributed by atoms with E-state index in [1.807, 2.05) is 0 Å². The maximum Gasteiger partial charge on any atom is 0.466 e. The maximum atomic E-state index is 13.4. The van der Waals surface area contributed by atoms with Gasteiger partial charge in [-0.25, -0.2) is 13.2 Å². The Morgan fingerprint density at radius 3 is 2.00 bits per heavy atom. The van der Waals surface area contributed by atoms with E-state index in [-0.39, 0.29) is 0 Å². The Labute approximate surface area is 149 Å². The lowest BCUT2D eigenvalue weighted by Gasteiger charge is -2.34. The number of nitrogens with one attached hydrogen (secondary N) is 1. The third-order valence-corrected chi connectivity index (χ3v) is 3.46. The zero-order chi connectivity index (χ0) is 21.8. The number of halogens is 6. The predicted octanol–water partition coefficient (Wildman–Crippen LogP) is 1.20. The van der Waals surface area contributed by atoms with E-state index in [9.17, 15) is 48.9 Å². The van der Waals surface area contributed by atoms with E-state index in [4.69, 9.17) is 0 Å². The highest BCUT2D eigenvalue weighted by Crippen LogP contribution is 2.38. The molecule has 158 valence electrons. The first-order valence-electron chi connectivity index (χ1n) is 6.77. The van der Waals surface area contributed by atoms with E-state index in [0.29, 0.717) is 0 Å². The molecular formula is C12H14F6NO7S-. The average Bonchev–Trinajstić information content (AvgIpc) is 2.46. The van der Waals surface area contributed by atoms with Crippen molar-refractivity contribution in [3.8, 4) is 0 Å². The third-order valence-electron chi connectivity index (χ3n) is 2.61. The van der Waals surface area contributed by atoms with Crippen LogP contribution >= 0.6 is 0 Å². The smallest absolute Gasteiger partial charge is 0.466 e. The summed E-state index contributed by atoms with van der Waals surface area (Å²) in [5.41, 5.74) is 0. The first-order valence-corrected chi connectivity index (χ1v) is 8.18. The van der Waals surface area contributed by atoms with Crippen molar-refractivity contribution in [2.24, 2.45) is 5.92 Å². The lowest BCUT2D eigenvalue weighted by molar-refractivity contribution is -0.353. The van der Waals surface area contributed by atoms with Crippen molar-refractivity contribution in [1.82, 2.24) is 5.32 Å². The number of alkyl halides is 5. The molecule has 1 N–H and O–H groups in total. The van der Waals surface area contributed by atoms with Crippen LogP contribution in [0.15, 0.2) is 12.4 Å². The Bertz CT molecular complexity index is 691. The summed E-state index contributed by atoms with van der Waals surface area (Å²) in [7, 11) is -6.51. The van der Waals surface area contributed by atoms with Crippen LogP contribution in [0.2, 0.25) is 0 Å². The van der Waals surface area contributed by atoms with Gasteiger partial charge in [-0.3, -0.25) is 4.79 Å². The van der Waals surface area contributed by atoms with Gasteiger partial charge in [-0.2, -0.15) is 26.3 Å². The summed E-state index contributed by atoms with van der Waals surface area (Å²) in [4.78, 5) is 23.0. The second-order valence-electron chi connectivity index (χ2n) is 5.39. The quantitative estimate of drug-likeness (QED) is 0.192. The van der Waals surface area contributed by atoms with Gasteiger partial charge in [0.2, 0.25) is 5.83 Å². The van der Waals surface area contributed by atoms with Crippen LogP contribution in [-0.4, -0.2) is 55.2 Å². The van der Waals surface area contributed by atoms with Crippen molar-refractivity contribution < 1.29 is 58.4 Å². The van der Waals surface area contributed by atoms with Crippen LogP contribution in [0.5, 0.6) is 0 Å². The van der Waals surface area contributed by atoms with Crippen molar-refractivity contribution in [1.29, 1.82) is 0 Å². The van der Waals surface area contributed by atoms with Gasteiger partial charge in [0.1, 0.15) is 6.61 Å². The van der Waals surface area contributed by atoms with Crippen LogP contribution in [-0.2, 0) is 29.2 Å². The Morgan fingerprint density at radius 1 is 1.19 bits per heavy atom. The summed E-state index contributed by atoms with van der Waals surface area (Å²) >= 11 is 0. The molecule has 1 atom stereocenters. The van der Waals surface area contributed by atoms with Crippen LogP contribution in [0, 0.1) is 5.92 Å². The Morgan fingerprint density at radius 2 is 1.67 bits per heavy atom. The molecule has 0 aliphatic carbocycles. The van der Waals surface area contributed by atoms with E-state index < -0.39 is 64.1 Å². The molecule has 8 nitrogen and oxygen atoms in total. The molecule has 15 heteroatoms. The van der Waals surface area contributed by atoms with Gasteiger partial charge < -0.3 is 19.3 Å². The molecule has 0 aliphatic heterocycles. The molecule has 0 aromatic carbocycles. The number of carbonyl (C=O) groups excluding carboxylic acids is 2. The maximum absolute atomic E-state index is 13.4. The first kappa shape index (κ1) is 25.1. The van der Waals surface area contributed by atoms with Crippen molar-refractivity contribution in [2.75, 3.05) is 13.2 Å². The predicted molar refractivity (Wildman–Crippen MR) is 73.6 cm³/mol. The minimum absolute atomic E-state index is 0.477. The zero-order valence-electron chi connectivity index (χ0n) is 13.7. The van der Waals surface area contributed by atoms with Crippen molar-refractivity contribution >= 4 is 22.0 Å². The molecule has 1 amide bonds. The highest BCUT2D eigenvalue weighted by molar-refractivity contribution is 7.86. The standard InChI is InChI=1S/C12H15F6NO7S/c1-6(2)4-19-9(21)11(12(16,17)18,26-8(20)7(3)13)25-5-10(14,15)27(22,23)24/h6H,3-5H2,1-2H3,(H,19,21)(H,22,23,24)/p-1. The molecule has 0 rings (SSSR count). The third kappa shape index (κ3) is 6.35. The molecule has 0 bridgehead atoms. The molecule has 0 saturated carbocycles. The zero-order valence-corrected chi connectivity index (χ0v) is 14.5. The number of amides is 1. The van der Waals surface area contributed by atoms with Gasteiger partial charge in [-0.05, 0) is 5.92 Å². The Kier molecular flexibility index (Phi) is 7.85. The summed E-state index contributed by atoms with van der Waals surface area (Å²) in [5.74, 6) is -12.4. The lowest BCUT2D eigenvalue weighted by Crippen LogP contribution is -2.63. The van der Waals surface area contributed by atoms with Crippen LogP contribution in [0.3, 0.4) is 0 Å². The molecule has 27 heavy (non-hydrogen) atoms. The van der Waals surface area contributed by atoms with Gasteiger partial charge in [-0.1, -0.05) is 20.4 Å². The number of carbonyl (C=O) groups is 2. The van der Waals surface area contributed by atoms with E-state index in [2.05, 4.69) is 16.1 Å². The van der Waals surface area contributed by atoms with E-state index in [1.54, 1.807) is 5.32 Å². The average molecular weight is 430 g/mol. The number of rotatable bonds is 9. The molecule has 0 aliphatic rings. The second-order valence-corrected chi connectivity index (χ2v) is 6.90. The van der Waals surface area contributed by atoms with Crippen LogP contribution in [0.25, 0.3) is 0 Å². The topological polar surface area (TPSA) is 122 Å². The molecule has 0 aromatic heterocycles. The molecule has 0 aromatic rings. The van der Waals surface area contributed by atoms with Gasteiger partial charge in [0.05, 0.1) is 0 Å². The lowest BCUT2D eigenvalue weighted by atomic mass is 10.2. The first-order chi connectivity index (χ1) is 11.9. The Hall–Kier alpha value is -1.87. The summed E-state index contributed by atoms with van der Waals surface area (Å²) in [6.45, 7) is 1.84. The van der Waals surface area contributed by atoms with Gasteiger partial charge in [0, 0.05) is 6.54 Å². The van der Waals surface area contributed by atoms with Crippen LogP contribution in [0.1, 0.15) is 13.8 Å². The molecule has 0 fully saturated rings. The SMILES string of the molecule is C=C(F)C(=O)OC(OCC(F)(F)S(=O)(=O)[O-])(C(=O)NCC(C)C)C(F)(F)F. The monoisotopic (exact) mass is 430 g/mol. The van der Waals surface area contributed by atoms with Crippen LogP contribution < -0.4 is 5.32 Å². The van der Waals surface area contributed by atoms with E-state index in [0.717, 1.165) is 0 Å². The number of hydrogen-bond acceptors (Lipinski definition) is 7. The molecule has 1 unspecified atom stereocenters. The van der Waals surface area contributed by atoms with Gasteiger partial charge in [0.25, 0.3) is 0 Å². The van der Waals surface area contributed by atoms with Gasteiger partial charge in [0.15, 0.2) is 10.1 Å². The second kappa shape index (κ2) is 8.43. The number of ether oxygens (including phenoxy) is 2. The van der Waals surface area contributed by atoms with E-state index >= 15 is 0 Å². The molecular weight excluding hydrogens is 416 g/mol. The Balaban J connectivity index is 6.10. The fraction of sp³-hybridized carbons (Fsp3) is 0.667. The minimum atomic E-state index is -6.51. The van der Waals surface area contributed by atoms with Crippen molar-refractivity contribution in [2.45, 2.75) is 31.1 Å². The summed E-state index contributed by atoms with van der Waals surface area (Å²) in [6.07, 6.45) is -6.08. The van der Waals surface area contributed by atoms with Crippen molar-refractivity contribution in [3.05, 3.63) is 12.4 Å². The van der Waals surface area contributed by atoms with Crippen molar-refractivity contribution in [3.63, 3.8) is 0 Å². The summed E-state index contributed by atoms with van der Waals surface area (Å²) in [6, 6.07) is 0. The fourth-order valence-electron chi connectivity index (χ4n) is 1.27. The summed E-state index contributed by atoms with van der Waals surface area (Å²) in [5, 5.41) is -3.87. The number of esters is 1. The minimum Gasteiger partial charge on any atom is -0.743 e. The molecule has 0 saturated heterocycles. The normalized spacial score (nSPS) is 15.2. The molecule has 0 heterocycles. The van der Waals surface area contributed by atoms with Crippen LogP contribution in [0.4, 0.5) is 26.3 Å². The largest absolute Gasteiger partial charge is 0.743 e. The highest BCUT2D eigenvalue weighted by atomic mass is 32.2. The fourth-order valence-corrected chi connectivity index (χ4v) is 1.47. The summed E-state index contributed by atoms with van der Waals surface area (Å²) < 4.78 is 117. The van der Waals surface area contributed by atoms with E-state index in [1.165, 1.54) is 13.8 Å². The molecule has 0 spiro atoms. The highest BCUT2D eigenvalue weighted by Gasteiger charge is 2.67. The van der Waals surface area contributed by atoms with Gasteiger partial charge in [-0.15, -0.1) is 0 Å². The molecule has 0 radical (unpaired) electrons.